The Morgan fingerprint density at radius 1 is 1.11 bits per heavy atom. The van der Waals surface area contributed by atoms with Crippen molar-refractivity contribution in [1.82, 2.24) is 9.80 Å². The first-order valence-electron chi connectivity index (χ1n) is 11.7. The van der Waals surface area contributed by atoms with Gasteiger partial charge in [0, 0.05) is 23.0 Å². The lowest BCUT2D eigenvalue weighted by Crippen LogP contribution is -2.48. The molecule has 3 aromatic rings. The van der Waals surface area contributed by atoms with Gasteiger partial charge in [0.05, 0.1) is 13.2 Å². The number of fused-ring (bicyclic) bond motifs is 1. The summed E-state index contributed by atoms with van der Waals surface area (Å²) in [4.78, 5) is 31.4. The van der Waals surface area contributed by atoms with Gasteiger partial charge >= 0.3 is 0 Å². The second kappa shape index (κ2) is 10.1. The summed E-state index contributed by atoms with van der Waals surface area (Å²) in [5.41, 5.74) is 1.35. The van der Waals surface area contributed by atoms with Crippen LogP contribution in [0.5, 0.6) is 11.5 Å². The van der Waals surface area contributed by atoms with Gasteiger partial charge in [-0.15, -0.1) is 11.3 Å². The molecule has 0 bridgehead atoms. The number of rotatable bonds is 8. The summed E-state index contributed by atoms with van der Waals surface area (Å²) in [6.07, 6.45) is 2.47. The molecule has 8 heteroatoms. The van der Waals surface area contributed by atoms with Gasteiger partial charge in [0.15, 0.2) is 11.5 Å². The summed E-state index contributed by atoms with van der Waals surface area (Å²) >= 11 is 1.69. The molecule has 1 aromatic heterocycles. The molecule has 0 N–H and O–H groups in total. The number of hydrogen-bond donors (Lipinski definition) is 0. The molecule has 1 atom stereocenters. The van der Waals surface area contributed by atoms with Crippen LogP contribution < -0.4 is 9.47 Å². The number of hydrogen-bond acceptors (Lipinski definition) is 5. The molecule has 5 rings (SSSR count). The van der Waals surface area contributed by atoms with Crippen LogP contribution in [0.3, 0.4) is 0 Å². The van der Waals surface area contributed by atoms with Gasteiger partial charge in [0.2, 0.25) is 5.91 Å². The van der Waals surface area contributed by atoms with Crippen LogP contribution in [0.25, 0.3) is 0 Å². The highest BCUT2D eigenvalue weighted by atomic mass is 32.1. The van der Waals surface area contributed by atoms with Crippen molar-refractivity contribution >= 4 is 23.2 Å². The number of ether oxygens (including phenoxy) is 2. The Bertz CT molecular complexity index is 1230. The van der Waals surface area contributed by atoms with E-state index >= 15 is 0 Å². The molecule has 2 aromatic carbocycles. The first kappa shape index (κ1) is 23.4. The fraction of sp³-hybridized carbons (Fsp3) is 0.333. The van der Waals surface area contributed by atoms with Crippen molar-refractivity contribution in [1.29, 1.82) is 0 Å². The van der Waals surface area contributed by atoms with E-state index in [1.165, 1.54) is 23.1 Å². The molecule has 2 heterocycles. The minimum atomic E-state index is -0.465. The number of benzene rings is 2. The highest BCUT2D eigenvalue weighted by Gasteiger charge is 2.38. The average Bonchev–Trinajstić information content (AvgIpc) is 3.61. The number of carbonyl (C=O) groups is 2. The fourth-order valence-corrected chi connectivity index (χ4v) is 5.49. The second-order valence-electron chi connectivity index (χ2n) is 8.79. The van der Waals surface area contributed by atoms with Crippen LogP contribution in [0.15, 0.2) is 60.0 Å². The molecule has 0 radical (unpaired) electrons. The topological polar surface area (TPSA) is 59.1 Å². The Morgan fingerprint density at radius 3 is 2.66 bits per heavy atom. The van der Waals surface area contributed by atoms with Gasteiger partial charge in [0.25, 0.3) is 5.91 Å². The molecule has 35 heavy (non-hydrogen) atoms. The molecular formula is C27H27FN2O4S. The second-order valence-corrected chi connectivity index (χ2v) is 9.79. The third-order valence-corrected chi connectivity index (χ3v) is 7.50. The number of carbonyl (C=O) groups excluding carboxylic acids is 2. The van der Waals surface area contributed by atoms with Crippen LogP contribution in [0.4, 0.5) is 4.39 Å². The molecule has 1 saturated carbocycles. The van der Waals surface area contributed by atoms with E-state index in [-0.39, 0.29) is 42.6 Å². The highest BCUT2D eigenvalue weighted by molar-refractivity contribution is 7.10. The third-order valence-electron chi connectivity index (χ3n) is 6.51. The molecule has 182 valence electrons. The van der Waals surface area contributed by atoms with E-state index in [0.717, 1.165) is 24.8 Å². The summed E-state index contributed by atoms with van der Waals surface area (Å²) in [5.74, 6) is 0.341. The standard InChI is InChI=1S/C27H27FN2O4S/c1-33-23-7-2-3-8-24(23)34-17-22-21-12-14-35-25(21)11-13-29(22)26(31)16-30(20-9-10-20)27(32)18-5-4-6-19(28)15-18/h2-8,12,14-15,20,22H,9-11,13,16-17H2,1H3/t22-/m1/s1. The van der Waals surface area contributed by atoms with Gasteiger partial charge in [-0.2, -0.15) is 0 Å². The highest BCUT2D eigenvalue weighted by Crippen LogP contribution is 2.36. The van der Waals surface area contributed by atoms with Gasteiger partial charge in [0.1, 0.15) is 19.0 Å². The first-order valence-corrected chi connectivity index (χ1v) is 12.6. The lowest BCUT2D eigenvalue weighted by atomic mass is 10.0. The minimum absolute atomic E-state index is 0.0134. The predicted octanol–water partition coefficient (Wildman–Crippen LogP) is 4.71. The molecule has 6 nitrogen and oxygen atoms in total. The molecule has 2 amide bonds. The summed E-state index contributed by atoms with van der Waals surface area (Å²) in [6.45, 7) is 0.792. The van der Waals surface area contributed by atoms with Gasteiger partial charge < -0.3 is 19.3 Å². The molecule has 1 aliphatic carbocycles. The maximum absolute atomic E-state index is 13.7. The minimum Gasteiger partial charge on any atom is -0.493 e. The van der Waals surface area contributed by atoms with E-state index in [4.69, 9.17) is 9.47 Å². The largest absolute Gasteiger partial charge is 0.493 e. The van der Waals surface area contributed by atoms with Crippen molar-refractivity contribution in [3.63, 3.8) is 0 Å². The zero-order valence-electron chi connectivity index (χ0n) is 19.5. The molecule has 1 aliphatic heterocycles. The van der Waals surface area contributed by atoms with Crippen LogP contribution in [0.1, 0.15) is 39.7 Å². The fourth-order valence-electron chi connectivity index (χ4n) is 4.56. The van der Waals surface area contributed by atoms with Crippen molar-refractivity contribution in [2.75, 3.05) is 26.8 Å². The number of thiophene rings is 1. The smallest absolute Gasteiger partial charge is 0.254 e. The molecule has 1 fully saturated rings. The van der Waals surface area contributed by atoms with E-state index in [0.29, 0.717) is 18.0 Å². The number of methoxy groups -OCH3 is 1. The first-order chi connectivity index (χ1) is 17.0. The van der Waals surface area contributed by atoms with E-state index < -0.39 is 5.82 Å². The third kappa shape index (κ3) is 5.03. The quantitative estimate of drug-likeness (QED) is 0.455. The number of amides is 2. The Morgan fingerprint density at radius 2 is 1.91 bits per heavy atom. The average molecular weight is 495 g/mol. The summed E-state index contributed by atoms with van der Waals surface area (Å²) in [7, 11) is 1.59. The number of para-hydroxylation sites is 2. The molecule has 0 spiro atoms. The van der Waals surface area contributed by atoms with E-state index in [1.807, 2.05) is 40.6 Å². The lowest BCUT2D eigenvalue weighted by molar-refractivity contribution is -0.135. The Labute approximate surface area is 207 Å². The summed E-state index contributed by atoms with van der Waals surface area (Å²) < 4.78 is 25.3. The van der Waals surface area contributed by atoms with Crippen molar-refractivity contribution in [2.45, 2.75) is 31.3 Å². The molecule has 0 unspecified atom stereocenters. The zero-order chi connectivity index (χ0) is 24.4. The predicted molar refractivity (Wildman–Crippen MR) is 131 cm³/mol. The molecular weight excluding hydrogens is 467 g/mol. The van der Waals surface area contributed by atoms with E-state index in [9.17, 15) is 14.0 Å². The van der Waals surface area contributed by atoms with Crippen molar-refractivity contribution in [3.8, 4) is 11.5 Å². The monoisotopic (exact) mass is 494 g/mol. The summed E-state index contributed by atoms with van der Waals surface area (Å²) in [6, 6.07) is 14.9. The lowest BCUT2D eigenvalue weighted by Gasteiger charge is -2.37. The van der Waals surface area contributed by atoms with Crippen molar-refractivity contribution in [3.05, 3.63) is 81.8 Å². The van der Waals surface area contributed by atoms with Gasteiger partial charge in [-0.25, -0.2) is 4.39 Å². The number of halogens is 1. The maximum atomic E-state index is 13.7. The van der Waals surface area contributed by atoms with Crippen LogP contribution in [0.2, 0.25) is 0 Å². The summed E-state index contributed by atoms with van der Waals surface area (Å²) in [5, 5.41) is 2.04. The molecule has 2 aliphatic rings. The van der Waals surface area contributed by atoms with Gasteiger partial charge in [-0.3, -0.25) is 9.59 Å². The maximum Gasteiger partial charge on any atom is 0.254 e. The molecule has 0 saturated heterocycles. The SMILES string of the molecule is COc1ccccc1OC[C@@H]1c2ccsc2CCN1C(=O)CN(C(=O)c1cccc(F)c1)C1CC1. The zero-order valence-corrected chi connectivity index (χ0v) is 20.3. The van der Waals surface area contributed by atoms with Crippen LogP contribution in [-0.2, 0) is 11.2 Å². The van der Waals surface area contributed by atoms with Crippen molar-refractivity contribution in [2.24, 2.45) is 0 Å². The van der Waals surface area contributed by atoms with Crippen molar-refractivity contribution < 1.29 is 23.5 Å². The number of nitrogens with zero attached hydrogens (tertiary/aromatic N) is 2. The Kier molecular flexibility index (Phi) is 6.72. The van der Waals surface area contributed by atoms with Crippen LogP contribution in [0, 0.1) is 5.82 Å². The van der Waals surface area contributed by atoms with Gasteiger partial charge in [-0.05, 0) is 66.6 Å². The normalized spacial score (nSPS) is 17.0. The van der Waals surface area contributed by atoms with E-state index in [1.54, 1.807) is 29.4 Å². The Hall–Kier alpha value is -3.39. The van der Waals surface area contributed by atoms with Crippen LogP contribution in [-0.4, -0.2) is 54.5 Å². The van der Waals surface area contributed by atoms with Crippen LogP contribution >= 0.6 is 11.3 Å². The van der Waals surface area contributed by atoms with Gasteiger partial charge in [-0.1, -0.05) is 18.2 Å². The van der Waals surface area contributed by atoms with E-state index in [2.05, 4.69) is 0 Å². The Balaban J connectivity index is 1.35.